The third-order valence-corrected chi connectivity index (χ3v) is 10.9. The molecule has 0 bridgehead atoms. The molecule has 4 N–H and O–H groups in total. The van der Waals surface area contributed by atoms with Gasteiger partial charge in [-0.25, -0.2) is 27.1 Å². The van der Waals surface area contributed by atoms with Crippen LogP contribution in [0.5, 0.6) is 0 Å². The van der Waals surface area contributed by atoms with Crippen molar-refractivity contribution in [1.29, 1.82) is 0 Å². The molecule has 0 saturated heterocycles. The first kappa shape index (κ1) is 47.9. The number of aromatic nitrogens is 2. The van der Waals surface area contributed by atoms with Gasteiger partial charge in [-0.15, -0.1) is 0 Å². The minimum atomic E-state index is -3.78. The number of aryl methyl sites for hydroxylation is 2. The molecule has 4 aromatic carbocycles. The van der Waals surface area contributed by atoms with Gasteiger partial charge in [-0.2, -0.15) is 0 Å². The maximum atomic E-state index is 11.5. The highest BCUT2D eigenvalue weighted by Crippen LogP contribution is 2.36. The number of rotatable bonds is 13. The Hall–Kier alpha value is -5.46. The van der Waals surface area contributed by atoms with Crippen LogP contribution in [0.1, 0.15) is 50.2 Å². The fourth-order valence-corrected chi connectivity index (χ4v) is 6.78. The summed E-state index contributed by atoms with van der Waals surface area (Å²) < 4.78 is 65.5. The second-order valence-corrected chi connectivity index (χ2v) is 16.6. The first-order chi connectivity index (χ1) is 27.6. The second-order valence-electron chi connectivity index (χ2n) is 12.6. The molecule has 0 radical (unpaired) electrons. The molecule has 14 nitrogen and oxygen atoms in total. The Kier molecular flexibility index (Phi) is 18.4. The third-order valence-electron chi connectivity index (χ3n) is 8.52. The maximum Gasteiger partial charge on any atom is 0.305 e. The number of nitrogens with zero attached hydrogens (tertiary/aromatic N) is 2. The van der Waals surface area contributed by atoms with E-state index in [9.17, 15) is 26.4 Å². The lowest BCUT2D eigenvalue weighted by molar-refractivity contribution is -0.141. The fraction of sp³-hybridized carbons (Fsp3) is 0.238. The summed E-state index contributed by atoms with van der Waals surface area (Å²) in [5, 5.41) is 18.4. The van der Waals surface area contributed by atoms with E-state index in [0.717, 1.165) is 43.7 Å². The summed E-state index contributed by atoms with van der Waals surface area (Å²) in [7, 11) is -4.57. The van der Waals surface area contributed by atoms with Crippen LogP contribution in [0.3, 0.4) is 0 Å². The van der Waals surface area contributed by atoms with Gasteiger partial charge in [0, 0.05) is 46.8 Å². The lowest BCUT2D eigenvalue weighted by Gasteiger charge is -2.06. The fourth-order valence-electron chi connectivity index (χ4n) is 5.48. The SMILES string of the molecule is C.COC(=O)CCCc1onc(-c2ccccc2)c1-c1ccc(S(N)(=O)=O)cc1.COC(=O)CCCc1onc(-c2ccccc2)c1C.NS(=O)(=O)c1ccc(Br)cc1. The van der Waals surface area contributed by atoms with Gasteiger partial charge in [-0.3, -0.25) is 9.59 Å². The highest BCUT2D eigenvalue weighted by Gasteiger charge is 2.20. The first-order valence-electron chi connectivity index (χ1n) is 17.7. The van der Waals surface area contributed by atoms with E-state index >= 15 is 0 Å². The van der Waals surface area contributed by atoms with Gasteiger partial charge in [0.2, 0.25) is 20.0 Å². The van der Waals surface area contributed by atoms with Crippen molar-refractivity contribution in [1.82, 2.24) is 10.3 Å². The number of halogens is 1. The molecule has 0 spiro atoms. The number of methoxy groups -OCH3 is 2. The highest BCUT2D eigenvalue weighted by atomic mass is 79.9. The van der Waals surface area contributed by atoms with Gasteiger partial charge >= 0.3 is 11.9 Å². The Morgan fingerprint density at radius 1 is 0.610 bits per heavy atom. The van der Waals surface area contributed by atoms with Gasteiger partial charge in [-0.05, 0) is 61.7 Å². The molecule has 0 amide bonds. The van der Waals surface area contributed by atoms with E-state index in [1.807, 2.05) is 67.6 Å². The summed E-state index contributed by atoms with van der Waals surface area (Å²) in [6, 6.07) is 31.8. The number of esters is 2. The maximum absolute atomic E-state index is 11.5. The normalized spacial score (nSPS) is 10.9. The number of benzene rings is 4. The monoisotopic (exact) mass is 910 g/mol. The van der Waals surface area contributed by atoms with Crippen LogP contribution in [-0.4, -0.2) is 53.3 Å². The third kappa shape index (κ3) is 14.4. The van der Waals surface area contributed by atoms with Crippen molar-refractivity contribution >= 4 is 47.9 Å². The second kappa shape index (κ2) is 22.6. The average molecular weight is 912 g/mol. The van der Waals surface area contributed by atoms with Gasteiger partial charge in [0.25, 0.3) is 0 Å². The zero-order valence-corrected chi connectivity index (χ0v) is 35.2. The van der Waals surface area contributed by atoms with Gasteiger partial charge in [0.1, 0.15) is 22.9 Å². The Balaban J connectivity index is 0.000000259. The van der Waals surface area contributed by atoms with Crippen LogP contribution in [0.25, 0.3) is 33.6 Å². The van der Waals surface area contributed by atoms with Crippen LogP contribution in [0.2, 0.25) is 0 Å². The number of carbonyl (C=O) groups is 2. The van der Waals surface area contributed by atoms with Crippen molar-refractivity contribution in [2.45, 2.75) is 62.7 Å². The molecule has 0 fully saturated rings. The summed E-state index contributed by atoms with van der Waals surface area (Å²) in [4.78, 5) is 22.6. The molecule has 0 aliphatic carbocycles. The number of carbonyl (C=O) groups excluding carboxylic acids is 2. The zero-order valence-electron chi connectivity index (χ0n) is 32.0. The lowest BCUT2D eigenvalue weighted by atomic mass is 9.97. The number of sulfonamides is 2. The average Bonchev–Trinajstić information content (AvgIpc) is 3.81. The van der Waals surface area contributed by atoms with E-state index < -0.39 is 20.0 Å². The molecule has 6 aromatic rings. The molecule has 314 valence electrons. The molecule has 0 atom stereocenters. The van der Waals surface area contributed by atoms with Crippen LogP contribution < -0.4 is 10.3 Å². The summed E-state index contributed by atoms with van der Waals surface area (Å²) in [5.41, 5.74) is 5.98. The largest absolute Gasteiger partial charge is 0.469 e. The van der Waals surface area contributed by atoms with Crippen LogP contribution in [-0.2, 0) is 52.0 Å². The predicted molar refractivity (Wildman–Crippen MR) is 228 cm³/mol. The Labute approximate surface area is 353 Å². The molecule has 59 heavy (non-hydrogen) atoms. The molecule has 2 heterocycles. The highest BCUT2D eigenvalue weighted by molar-refractivity contribution is 9.10. The van der Waals surface area contributed by atoms with Crippen LogP contribution >= 0.6 is 15.9 Å². The molecule has 0 aliphatic rings. The number of primary sulfonamides is 2. The van der Waals surface area contributed by atoms with Gasteiger partial charge < -0.3 is 18.5 Å². The van der Waals surface area contributed by atoms with Crippen molar-refractivity contribution in [2.75, 3.05) is 14.2 Å². The van der Waals surface area contributed by atoms with Crippen molar-refractivity contribution < 1.29 is 44.9 Å². The number of ether oxygens (including phenoxy) is 2. The zero-order chi connectivity index (χ0) is 42.3. The Morgan fingerprint density at radius 2 is 1.02 bits per heavy atom. The standard InChI is InChI=1S/C20H20N2O5S.C15H17NO3.C6H6BrNO2S.CH4/c1-26-18(23)9-5-8-17-19(14-10-12-16(13-11-14)28(21,24)25)20(22-27-17)15-6-3-2-4-7-15;1-11-13(9-6-10-14(17)18-2)19-16-15(11)12-7-4-3-5-8-12;7-5-1-3-6(4-2-5)11(8,9)10;/h2-4,6-7,10-13H,5,8-9H2,1H3,(H2,21,24,25);3-5,7-8H,6,9-10H2,1-2H3;1-4H,(H2,8,9,10);1H4. The van der Waals surface area contributed by atoms with Gasteiger partial charge in [-0.1, -0.05) is 106 Å². The molecule has 17 heteroatoms. The summed E-state index contributed by atoms with van der Waals surface area (Å²) in [6.07, 6.45) is 3.09. The molecule has 0 unspecified atom stereocenters. The summed E-state index contributed by atoms with van der Waals surface area (Å²) >= 11 is 3.18. The first-order valence-corrected chi connectivity index (χ1v) is 21.6. The van der Waals surface area contributed by atoms with Crippen molar-refractivity contribution in [3.05, 3.63) is 131 Å². The molecule has 0 saturated carbocycles. The van der Waals surface area contributed by atoms with E-state index in [1.165, 1.54) is 38.5 Å². The molecule has 2 aromatic heterocycles. The molecular formula is C42H47BrN4O10S2. The minimum absolute atomic E-state index is 0. The predicted octanol–water partition coefficient (Wildman–Crippen LogP) is 8.03. The van der Waals surface area contributed by atoms with E-state index in [4.69, 9.17) is 19.3 Å². The van der Waals surface area contributed by atoms with Crippen molar-refractivity contribution in [2.24, 2.45) is 10.3 Å². The molecule has 0 aliphatic heterocycles. The van der Waals surface area contributed by atoms with Crippen LogP contribution in [0, 0.1) is 6.92 Å². The van der Waals surface area contributed by atoms with Crippen LogP contribution in [0.15, 0.2) is 133 Å². The van der Waals surface area contributed by atoms with E-state index in [1.54, 1.807) is 24.3 Å². The van der Waals surface area contributed by atoms with E-state index in [2.05, 4.69) is 35.7 Å². The topological polar surface area (TPSA) is 225 Å². The van der Waals surface area contributed by atoms with Gasteiger partial charge in [0.15, 0.2) is 0 Å². The summed E-state index contributed by atoms with van der Waals surface area (Å²) in [5.74, 6) is 0.969. The van der Waals surface area contributed by atoms with E-state index in [-0.39, 0.29) is 35.6 Å². The number of nitrogens with two attached hydrogens (primary N) is 2. The molecular weight excluding hydrogens is 865 g/mol. The van der Waals surface area contributed by atoms with Crippen LogP contribution in [0.4, 0.5) is 0 Å². The summed E-state index contributed by atoms with van der Waals surface area (Å²) in [6.45, 7) is 1.99. The Bertz CT molecular complexity index is 2470. The number of hydrogen-bond acceptors (Lipinski definition) is 12. The number of hydrogen-bond donors (Lipinski definition) is 2. The Morgan fingerprint density at radius 3 is 1.47 bits per heavy atom. The van der Waals surface area contributed by atoms with Crippen molar-refractivity contribution in [3.8, 4) is 33.6 Å². The van der Waals surface area contributed by atoms with Crippen molar-refractivity contribution in [3.63, 3.8) is 0 Å². The smallest absolute Gasteiger partial charge is 0.305 e. The quantitative estimate of drug-likeness (QED) is 0.105. The van der Waals surface area contributed by atoms with Gasteiger partial charge in [0.05, 0.1) is 29.6 Å². The molecule has 6 rings (SSSR count). The van der Waals surface area contributed by atoms with E-state index in [0.29, 0.717) is 43.6 Å². The minimum Gasteiger partial charge on any atom is -0.469 e. The lowest BCUT2D eigenvalue weighted by Crippen LogP contribution is -2.11.